The van der Waals surface area contributed by atoms with Crippen LogP contribution in [0, 0.1) is 5.92 Å². The molecule has 0 saturated heterocycles. The summed E-state index contributed by atoms with van der Waals surface area (Å²) >= 11 is 0. The summed E-state index contributed by atoms with van der Waals surface area (Å²) in [4.78, 5) is 11.2. The van der Waals surface area contributed by atoms with Crippen LogP contribution in [0.15, 0.2) is 12.7 Å². The highest BCUT2D eigenvalue weighted by atomic mass is 16.1. The Bertz CT molecular complexity index is 167. The lowest BCUT2D eigenvalue weighted by molar-refractivity contribution is -0.120. The number of hydrogen-bond acceptors (Lipinski definition) is 2. The van der Waals surface area contributed by atoms with E-state index in [2.05, 4.69) is 31.1 Å². The second-order valence-electron chi connectivity index (χ2n) is 3.79. The van der Waals surface area contributed by atoms with Gasteiger partial charge in [0.1, 0.15) is 0 Å². The number of amides is 1. The van der Waals surface area contributed by atoms with Crippen LogP contribution in [0.25, 0.3) is 0 Å². The van der Waals surface area contributed by atoms with Crippen molar-refractivity contribution in [3.05, 3.63) is 12.7 Å². The van der Waals surface area contributed by atoms with E-state index in [4.69, 9.17) is 0 Å². The predicted octanol–water partition coefficient (Wildman–Crippen LogP) is 1.31. The zero-order chi connectivity index (χ0) is 10.8. The molecule has 3 nitrogen and oxygen atoms in total. The van der Waals surface area contributed by atoms with Gasteiger partial charge in [0, 0.05) is 6.54 Å². The molecule has 0 bridgehead atoms. The van der Waals surface area contributed by atoms with E-state index in [1.54, 1.807) is 0 Å². The molecule has 82 valence electrons. The van der Waals surface area contributed by atoms with Gasteiger partial charge in [-0.2, -0.15) is 0 Å². The quantitative estimate of drug-likeness (QED) is 0.456. The lowest BCUT2D eigenvalue weighted by atomic mass is 10.1. The van der Waals surface area contributed by atoms with Gasteiger partial charge in [-0.15, -0.1) is 6.58 Å². The van der Waals surface area contributed by atoms with Crippen LogP contribution in [0.2, 0.25) is 0 Å². The Morgan fingerprint density at radius 3 is 2.71 bits per heavy atom. The fourth-order valence-corrected chi connectivity index (χ4v) is 0.969. The number of carbonyl (C=O) groups is 1. The van der Waals surface area contributed by atoms with Crippen LogP contribution in [0.1, 0.15) is 26.7 Å². The zero-order valence-electron chi connectivity index (χ0n) is 9.31. The summed E-state index contributed by atoms with van der Waals surface area (Å²) < 4.78 is 0. The Hall–Kier alpha value is -0.830. The molecule has 0 unspecified atom stereocenters. The molecule has 14 heavy (non-hydrogen) atoms. The molecular formula is C11H22N2O. The second-order valence-corrected chi connectivity index (χ2v) is 3.79. The van der Waals surface area contributed by atoms with Gasteiger partial charge in [0.05, 0.1) is 6.54 Å². The van der Waals surface area contributed by atoms with Crippen molar-refractivity contribution in [3.8, 4) is 0 Å². The van der Waals surface area contributed by atoms with Crippen molar-refractivity contribution in [3.63, 3.8) is 0 Å². The molecule has 0 heterocycles. The predicted molar refractivity (Wildman–Crippen MR) is 60.1 cm³/mol. The maximum atomic E-state index is 11.2. The first kappa shape index (κ1) is 13.2. The summed E-state index contributed by atoms with van der Waals surface area (Å²) in [6, 6.07) is 0. The SMILES string of the molecule is C=CCCNCC(=O)NCCC(C)C. The van der Waals surface area contributed by atoms with E-state index in [1.807, 2.05) is 6.08 Å². The maximum absolute atomic E-state index is 11.2. The van der Waals surface area contributed by atoms with E-state index in [0.717, 1.165) is 25.9 Å². The van der Waals surface area contributed by atoms with Crippen LogP contribution in [0.5, 0.6) is 0 Å². The second kappa shape index (κ2) is 8.75. The number of rotatable bonds is 8. The van der Waals surface area contributed by atoms with Gasteiger partial charge in [0.2, 0.25) is 5.91 Å². The summed E-state index contributed by atoms with van der Waals surface area (Å²) in [5, 5.41) is 5.90. The minimum atomic E-state index is 0.0784. The van der Waals surface area contributed by atoms with E-state index in [9.17, 15) is 4.79 Å². The number of carbonyl (C=O) groups excluding carboxylic acids is 1. The Morgan fingerprint density at radius 1 is 1.43 bits per heavy atom. The average molecular weight is 198 g/mol. The normalized spacial score (nSPS) is 10.2. The molecule has 0 spiro atoms. The fourth-order valence-electron chi connectivity index (χ4n) is 0.969. The summed E-state index contributed by atoms with van der Waals surface area (Å²) in [5.74, 6) is 0.721. The fraction of sp³-hybridized carbons (Fsp3) is 0.727. The number of hydrogen-bond donors (Lipinski definition) is 2. The van der Waals surface area contributed by atoms with Gasteiger partial charge in [-0.1, -0.05) is 19.9 Å². The van der Waals surface area contributed by atoms with E-state index in [1.165, 1.54) is 0 Å². The monoisotopic (exact) mass is 198 g/mol. The molecule has 2 N–H and O–H groups in total. The molecule has 0 aliphatic heterocycles. The van der Waals surface area contributed by atoms with Crippen molar-refractivity contribution in [1.29, 1.82) is 0 Å². The minimum Gasteiger partial charge on any atom is -0.355 e. The molecule has 0 aliphatic rings. The van der Waals surface area contributed by atoms with Crippen molar-refractivity contribution in [2.24, 2.45) is 5.92 Å². The molecule has 0 radical (unpaired) electrons. The Kier molecular flexibility index (Phi) is 8.24. The van der Waals surface area contributed by atoms with Gasteiger partial charge >= 0.3 is 0 Å². The summed E-state index contributed by atoms with van der Waals surface area (Å²) in [6.07, 6.45) is 3.78. The maximum Gasteiger partial charge on any atom is 0.233 e. The first-order chi connectivity index (χ1) is 6.66. The largest absolute Gasteiger partial charge is 0.355 e. The highest BCUT2D eigenvalue weighted by Crippen LogP contribution is 1.95. The lowest BCUT2D eigenvalue weighted by Crippen LogP contribution is -2.35. The molecule has 0 atom stereocenters. The van der Waals surface area contributed by atoms with Gasteiger partial charge < -0.3 is 10.6 Å². The Balaban J connectivity index is 3.23. The van der Waals surface area contributed by atoms with Crippen molar-refractivity contribution in [1.82, 2.24) is 10.6 Å². The minimum absolute atomic E-state index is 0.0784. The smallest absolute Gasteiger partial charge is 0.233 e. The average Bonchev–Trinajstić information content (AvgIpc) is 2.12. The van der Waals surface area contributed by atoms with Crippen molar-refractivity contribution in [2.45, 2.75) is 26.7 Å². The van der Waals surface area contributed by atoms with Gasteiger partial charge in [-0.05, 0) is 25.3 Å². The van der Waals surface area contributed by atoms with Gasteiger partial charge in [-0.3, -0.25) is 4.79 Å². The Labute approximate surface area is 87.0 Å². The van der Waals surface area contributed by atoms with E-state index in [0.29, 0.717) is 12.5 Å². The van der Waals surface area contributed by atoms with Gasteiger partial charge in [0.25, 0.3) is 0 Å². The van der Waals surface area contributed by atoms with E-state index in [-0.39, 0.29) is 5.91 Å². The Morgan fingerprint density at radius 2 is 2.14 bits per heavy atom. The van der Waals surface area contributed by atoms with Crippen molar-refractivity contribution < 1.29 is 4.79 Å². The highest BCUT2D eigenvalue weighted by molar-refractivity contribution is 5.77. The van der Waals surface area contributed by atoms with Crippen LogP contribution in [-0.4, -0.2) is 25.5 Å². The topological polar surface area (TPSA) is 41.1 Å². The molecule has 0 rings (SSSR count). The van der Waals surface area contributed by atoms with Crippen molar-refractivity contribution >= 4 is 5.91 Å². The zero-order valence-corrected chi connectivity index (χ0v) is 9.31. The molecule has 0 aromatic heterocycles. The molecule has 0 aromatic carbocycles. The molecule has 0 saturated carbocycles. The number of nitrogens with one attached hydrogen (secondary N) is 2. The lowest BCUT2D eigenvalue weighted by Gasteiger charge is -2.07. The molecule has 1 amide bonds. The van der Waals surface area contributed by atoms with Gasteiger partial charge in [0.15, 0.2) is 0 Å². The van der Waals surface area contributed by atoms with Crippen LogP contribution in [0.4, 0.5) is 0 Å². The summed E-state index contributed by atoms with van der Waals surface area (Å²) in [6.45, 7) is 9.91. The van der Waals surface area contributed by atoms with Crippen LogP contribution >= 0.6 is 0 Å². The summed E-state index contributed by atoms with van der Waals surface area (Å²) in [5.41, 5.74) is 0. The van der Waals surface area contributed by atoms with Crippen LogP contribution in [0.3, 0.4) is 0 Å². The highest BCUT2D eigenvalue weighted by Gasteiger charge is 1.99. The molecule has 0 fully saturated rings. The third-order valence-corrected chi connectivity index (χ3v) is 1.85. The molecule has 0 aliphatic carbocycles. The molecule has 0 aromatic rings. The van der Waals surface area contributed by atoms with Crippen LogP contribution in [-0.2, 0) is 4.79 Å². The van der Waals surface area contributed by atoms with Crippen LogP contribution < -0.4 is 10.6 Å². The van der Waals surface area contributed by atoms with Gasteiger partial charge in [-0.25, -0.2) is 0 Å². The molecule has 3 heteroatoms. The van der Waals surface area contributed by atoms with E-state index >= 15 is 0 Å². The first-order valence-corrected chi connectivity index (χ1v) is 5.25. The third-order valence-electron chi connectivity index (χ3n) is 1.85. The van der Waals surface area contributed by atoms with Crippen molar-refractivity contribution in [2.75, 3.05) is 19.6 Å². The standard InChI is InChI=1S/C11H22N2O/c1-4-5-7-12-9-11(14)13-8-6-10(2)3/h4,10,12H,1,5-9H2,2-3H3,(H,13,14). The summed E-state index contributed by atoms with van der Waals surface area (Å²) in [7, 11) is 0. The first-order valence-electron chi connectivity index (χ1n) is 5.25. The van der Waals surface area contributed by atoms with E-state index < -0.39 is 0 Å². The third kappa shape index (κ3) is 9.26. The molecular weight excluding hydrogens is 176 g/mol.